The molecular weight excluding hydrogens is 226 g/mol. The number of hydrogen-bond donors (Lipinski definition) is 1. The van der Waals surface area contributed by atoms with Crippen LogP contribution in [0.2, 0.25) is 0 Å². The second-order valence-corrected chi connectivity index (χ2v) is 4.88. The molecular formula is C14H23N3O. The summed E-state index contributed by atoms with van der Waals surface area (Å²) in [6.07, 6.45) is 10.0. The molecule has 0 aromatic carbocycles. The van der Waals surface area contributed by atoms with E-state index in [0.717, 1.165) is 12.2 Å². The number of hydrogen-bond acceptors (Lipinski definition) is 4. The average Bonchev–Trinajstić information content (AvgIpc) is 2.46. The molecule has 1 heterocycles. The molecule has 1 aliphatic carbocycles. The van der Waals surface area contributed by atoms with Crippen LogP contribution in [-0.4, -0.2) is 23.6 Å². The maximum Gasteiger partial charge on any atom is 0.237 e. The maximum absolute atomic E-state index is 5.35. The van der Waals surface area contributed by atoms with Crippen molar-refractivity contribution in [2.45, 2.75) is 45.1 Å². The lowest BCUT2D eigenvalue weighted by Crippen LogP contribution is -2.30. The highest BCUT2D eigenvalue weighted by Gasteiger charge is 2.28. The smallest absolute Gasteiger partial charge is 0.237 e. The topological polar surface area (TPSA) is 47.0 Å². The van der Waals surface area contributed by atoms with Crippen molar-refractivity contribution in [1.29, 1.82) is 0 Å². The van der Waals surface area contributed by atoms with Gasteiger partial charge in [-0.1, -0.05) is 26.2 Å². The first-order chi connectivity index (χ1) is 8.86. The Balaban J connectivity index is 2.22. The molecule has 1 unspecified atom stereocenters. The van der Waals surface area contributed by atoms with Crippen molar-refractivity contribution in [3.05, 3.63) is 18.1 Å². The Morgan fingerprint density at radius 1 is 1.28 bits per heavy atom. The van der Waals surface area contributed by atoms with Crippen LogP contribution >= 0.6 is 0 Å². The van der Waals surface area contributed by atoms with E-state index in [-0.39, 0.29) is 6.04 Å². The van der Waals surface area contributed by atoms with Gasteiger partial charge in [0.05, 0.1) is 13.2 Å². The normalized spacial score (nSPS) is 18.6. The standard InChI is InChI=1S/C14H23N3O/c1-3-15-12(11-7-5-4-6-8-11)13-14(18-2)17-10-9-16-13/h9-12,15H,3-8H2,1-2H3. The summed E-state index contributed by atoms with van der Waals surface area (Å²) in [6.45, 7) is 3.08. The van der Waals surface area contributed by atoms with Gasteiger partial charge in [-0.05, 0) is 25.3 Å². The van der Waals surface area contributed by atoms with Crippen molar-refractivity contribution < 1.29 is 4.74 Å². The number of aromatic nitrogens is 2. The number of ether oxygens (including phenoxy) is 1. The third-order valence-corrected chi connectivity index (χ3v) is 3.72. The fourth-order valence-electron chi connectivity index (χ4n) is 2.88. The molecule has 1 atom stereocenters. The molecule has 4 nitrogen and oxygen atoms in total. The van der Waals surface area contributed by atoms with Gasteiger partial charge in [0.2, 0.25) is 5.88 Å². The van der Waals surface area contributed by atoms with Gasteiger partial charge in [0.1, 0.15) is 5.69 Å². The van der Waals surface area contributed by atoms with Gasteiger partial charge in [0, 0.05) is 12.4 Å². The summed E-state index contributed by atoms with van der Waals surface area (Å²) in [4.78, 5) is 8.76. The van der Waals surface area contributed by atoms with Gasteiger partial charge in [0.15, 0.2) is 0 Å². The van der Waals surface area contributed by atoms with Crippen LogP contribution in [-0.2, 0) is 0 Å². The second-order valence-electron chi connectivity index (χ2n) is 4.88. The highest BCUT2D eigenvalue weighted by molar-refractivity contribution is 5.22. The lowest BCUT2D eigenvalue weighted by molar-refractivity contribution is 0.262. The van der Waals surface area contributed by atoms with Crippen LogP contribution in [0.15, 0.2) is 12.4 Å². The van der Waals surface area contributed by atoms with Gasteiger partial charge in [-0.15, -0.1) is 0 Å². The number of nitrogens with one attached hydrogen (secondary N) is 1. The molecule has 1 N–H and O–H groups in total. The number of methoxy groups -OCH3 is 1. The predicted molar refractivity (Wildman–Crippen MR) is 71.6 cm³/mol. The first-order valence-electron chi connectivity index (χ1n) is 6.95. The van der Waals surface area contributed by atoms with E-state index < -0.39 is 0 Å². The fourth-order valence-corrected chi connectivity index (χ4v) is 2.88. The van der Waals surface area contributed by atoms with Crippen LogP contribution in [0.25, 0.3) is 0 Å². The van der Waals surface area contributed by atoms with E-state index in [1.165, 1.54) is 32.1 Å². The molecule has 0 radical (unpaired) electrons. The molecule has 1 aliphatic rings. The van der Waals surface area contributed by atoms with Gasteiger partial charge in [-0.2, -0.15) is 0 Å². The summed E-state index contributed by atoms with van der Waals surface area (Å²) in [5, 5.41) is 3.56. The van der Waals surface area contributed by atoms with Crippen LogP contribution in [0.3, 0.4) is 0 Å². The summed E-state index contributed by atoms with van der Waals surface area (Å²) >= 11 is 0. The molecule has 0 spiro atoms. The van der Waals surface area contributed by atoms with Crippen molar-refractivity contribution in [2.24, 2.45) is 5.92 Å². The summed E-state index contributed by atoms with van der Waals surface area (Å²) < 4.78 is 5.35. The van der Waals surface area contributed by atoms with Crippen LogP contribution < -0.4 is 10.1 Å². The van der Waals surface area contributed by atoms with Crippen molar-refractivity contribution >= 4 is 0 Å². The predicted octanol–water partition coefficient (Wildman–Crippen LogP) is 2.72. The Morgan fingerprint density at radius 2 is 2.00 bits per heavy atom. The number of rotatable bonds is 5. The van der Waals surface area contributed by atoms with Crippen LogP contribution in [0.4, 0.5) is 0 Å². The molecule has 0 amide bonds. The van der Waals surface area contributed by atoms with E-state index in [9.17, 15) is 0 Å². The highest BCUT2D eigenvalue weighted by atomic mass is 16.5. The number of nitrogens with zero attached hydrogens (tertiary/aromatic N) is 2. The average molecular weight is 249 g/mol. The van der Waals surface area contributed by atoms with Crippen molar-refractivity contribution in [2.75, 3.05) is 13.7 Å². The van der Waals surface area contributed by atoms with E-state index in [0.29, 0.717) is 11.8 Å². The molecule has 18 heavy (non-hydrogen) atoms. The fraction of sp³-hybridized carbons (Fsp3) is 0.714. The summed E-state index contributed by atoms with van der Waals surface area (Å²) in [5.74, 6) is 1.32. The zero-order valence-corrected chi connectivity index (χ0v) is 11.4. The van der Waals surface area contributed by atoms with Crippen molar-refractivity contribution in [1.82, 2.24) is 15.3 Å². The van der Waals surface area contributed by atoms with E-state index in [4.69, 9.17) is 4.74 Å². The molecule has 1 saturated carbocycles. The minimum atomic E-state index is 0.277. The minimum Gasteiger partial charge on any atom is -0.480 e. The first kappa shape index (κ1) is 13.3. The molecule has 100 valence electrons. The SMILES string of the molecule is CCNC(c1nccnc1OC)C1CCCCC1. The molecule has 2 rings (SSSR count). The monoisotopic (exact) mass is 249 g/mol. The largest absolute Gasteiger partial charge is 0.480 e. The van der Waals surface area contributed by atoms with Crippen LogP contribution in [0.5, 0.6) is 5.88 Å². The van der Waals surface area contributed by atoms with Gasteiger partial charge < -0.3 is 10.1 Å². The molecule has 1 aromatic heterocycles. The lowest BCUT2D eigenvalue weighted by Gasteiger charge is -2.30. The highest BCUT2D eigenvalue weighted by Crippen LogP contribution is 2.35. The van der Waals surface area contributed by atoms with Crippen molar-refractivity contribution in [3.8, 4) is 5.88 Å². The van der Waals surface area contributed by atoms with E-state index in [1.54, 1.807) is 19.5 Å². The molecule has 0 bridgehead atoms. The molecule has 0 saturated heterocycles. The minimum absolute atomic E-state index is 0.277. The van der Waals surface area contributed by atoms with Crippen molar-refractivity contribution in [3.63, 3.8) is 0 Å². The second kappa shape index (κ2) is 6.69. The zero-order valence-electron chi connectivity index (χ0n) is 11.4. The Bertz CT molecular complexity index is 364. The van der Waals surface area contributed by atoms with E-state index in [2.05, 4.69) is 22.2 Å². The summed E-state index contributed by atoms with van der Waals surface area (Å²) in [6, 6.07) is 0.277. The van der Waals surface area contributed by atoms with E-state index >= 15 is 0 Å². The van der Waals surface area contributed by atoms with Gasteiger partial charge in [0.25, 0.3) is 0 Å². The Hall–Kier alpha value is -1.16. The molecule has 1 fully saturated rings. The zero-order chi connectivity index (χ0) is 12.8. The van der Waals surface area contributed by atoms with Gasteiger partial charge in [-0.25, -0.2) is 4.98 Å². The van der Waals surface area contributed by atoms with Gasteiger partial charge >= 0.3 is 0 Å². The summed E-state index contributed by atoms with van der Waals surface area (Å²) in [5.41, 5.74) is 0.966. The molecule has 1 aromatic rings. The molecule has 0 aliphatic heterocycles. The Labute approximate surface area is 109 Å². The van der Waals surface area contributed by atoms with E-state index in [1.807, 2.05) is 0 Å². The lowest BCUT2D eigenvalue weighted by atomic mass is 9.82. The summed E-state index contributed by atoms with van der Waals surface area (Å²) in [7, 11) is 1.66. The quantitative estimate of drug-likeness (QED) is 0.871. The van der Waals surface area contributed by atoms with Gasteiger partial charge in [-0.3, -0.25) is 4.98 Å². The first-order valence-corrected chi connectivity index (χ1v) is 6.95. The Morgan fingerprint density at radius 3 is 2.67 bits per heavy atom. The third kappa shape index (κ3) is 2.99. The van der Waals surface area contributed by atoms with Crippen LogP contribution in [0.1, 0.15) is 50.8 Å². The van der Waals surface area contributed by atoms with Crippen LogP contribution in [0, 0.1) is 5.92 Å². The Kier molecular flexibility index (Phi) is 4.93. The third-order valence-electron chi connectivity index (χ3n) is 3.72. The molecule has 4 heteroatoms. The maximum atomic E-state index is 5.35.